The first-order chi connectivity index (χ1) is 16.9. The molecule has 2 aliphatic rings. The first kappa shape index (κ1) is 20.1. The number of rotatable bonds is 4. The number of pyridine rings is 1. The number of hydrogen-bond acceptors (Lipinski definition) is 1. The summed E-state index contributed by atoms with van der Waals surface area (Å²) in [7, 11) is 0. The van der Waals surface area contributed by atoms with Crippen molar-refractivity contribution in [2.45, 2.75) is 0 Å². The predicted molar refractivity (Wildman–Crippen MR) is 143 cm³/mol. The van der Waals surface area contributed by atoms with Crippen molar-refractivity contribution in [1.82, 2.24) is 4.98 Å². The van der Waals surface area contributed by atoms with Crippen LogP contribution in [0.2, 0.25) is 0 Å². The Morgan fingerprint density at radius 3 is 1.53 bits per heavy atom. The summed E-state index contributed by atoms with van der Waals surface area (Å²) in [6.45, 7) is 0. The maximum Gasteiger partial charge on any atom is 0.0794 e. The molecule has 6 rings (SSSR count). The van der Waals surface area contributed by atoms with Gasteiger partial charge in [0.05, 0.1) is 11.4 Å². The van der Waals surface area contributed by atoms with Gasteiger partial charge >= 0.3 is 0 Å². The van der Waals surface area contributed by atoms with Crippen LogP contribution in [-0.4, -0.2) is 4.98 Å². The van der Waals surface area contributed by atoms with E-state index in [0.29, 0.717) is 0 Å². The zero-order chi connectivity index (χ0) is 22.7. The average molecular weight is 434 g/mol. The lowest BCUT2D eigenvalue weighted by Crippen LogP contribution is -1.97. The van der Waals surface area contributed by atoms with E-state index in [1.165, 1.54) is 22.3 Å². The van der Waals surface area contributed by atoms with Crippen molar-refractivity contribution in [2.75, 3.05) is 0 Å². The molecule has 0 saturated carbocycles. The van der Waals surface area contributed by atoms with Gasteiger partial charge in [-0.2, -0.15) is 0 Å². The molecule has 0 unspecified atom stereocenters. The maximum absolute atomic E-state index is 5.25. The first-order valence-corrected chi connectivity index (χ1v) is 11.6. The van der Waals surface area contributed by atoms with Gasteiger partial charge in [0, 0.05) is 16.7 Å². The van der Waals surface area contributed by atoms with E-state index in [2.05, 4.69) is 133 Å². The second kappa shape index (κ2) is 8.80. The standard InChI is InChI=1S/C33H23N/c1-6-14-25(15-7-1)31-23-30(29-22-21-24-13-5-4-12-20-28(24)29)32(26-16-8-2-9-17-26)33(34-31)27-18-10-3-11-19-27/h1-23H. The Morgan fingerprint density at radius 1 is 0.353 bits per heavy atom. The van der Waals surface area contributed by atoms with Crippen LogP contribution in [0, 0.1) is 0 Å². The van der Waals surface area contributed by atoms with Gasteiger partial charge in [-0.3, -0.25) is 0 Å². The highest BCUT2D eigenvalue weighted by molar-refractivity contribution is 5.99. The van der Waals surface area contributed by atoms with Crippen molar-refractivity contribution in [3.05, 3.63) is 140 Å². The van der Waals surface area contributed by atoms with Gasteiger partial charge in [0.1, 0.15) is 0 Å². The lowest BCUT2D eigenvalue weighted by molar-refractivity contribution is 1.32. The Bertz CT molecular complexity index is 1520. The molecule has 1 nitrogen and oxygen atoms in total. The molecule has 34 heavy (non-hydrogen) atoms. The highest BCUT2D eigenvalue weighted by Crippen LogP contribution is 2.45. The summed E-state index contributed by atoms with van der Waals surface area (Å²) in [6, 6.07) is 49.0. The molecule has 0 radical (unpaired) electrons. The summed E-state index contributed by atoms with van der Waals surface area (Å²) in [5.74, 6) is 0. The lowest BCUT2D eigenvalue weighted by Gasteiger charge is -2.18. The normalized spacial score (nSPS) is 10.9. The van der Waals surface area contributed by atoms with Gasteiger partial charge in [0.15, 0.2) is 0 Å². The molecule has 0 amide bonds. The third kappa shape index (κ3) is 3.68. The number of nitrogens with zero attached hydrogens (tertiary/aromatic N) is 1. The lowest BCUT2D eigenvalue weighted by atomic mass is 9.89. The van der Waals surface area contributed by atoms with Crippen LogP contribution < -0.4 is 0 Å². The first-order valence-electron chi connectivity index (χ1n) is 11.6. The van der Waals surface area contributed by atoms with E-state index < -0.39 is 0 Å². The maximum atomic E-state index is 5.25. The summed E-state index contributed by atoms with van der Waals surface area (Å²) in [5, 5.41) is 0. The quantitative estimate of drug-likeness (QED) is 0.270. The van der Waals surface area contributed by atoms with E-state index >= 15 is 0 Å². The molecule has 0 bridgehead atoms. The molecule has 4 aromatic rings. The van der Waals surface area contributed by atoms with Crippen LogP contribution in [0.25, 0.3) is 55.9 Å². The molecule has 0 aliphatic heterocycles. The molecule has 1 heteroatoms. The third-order valence-corrected chi connectivity index (χ3v) is 6.28. The number of benzene rings is 3. The van der Waals surface area contributed by atoms with Crippen molar-refractivity contribution in [3.63, 3.8) is 0 Å². The smallest absolute Gasteiger partial charge is 0.0794 e. The van der Waals surface area contributed by atoms with Crippen LogP contribution in [0.4, 0.5) is 0 Å². The molecule has 0 saturated heterocycles. The third-order valence-electron chi connectivity index (χ3n) is 6.28. The summed E-state index contributed by atoms with van der Waals surface area (Å²) in [5.41, 5.74) is 11.4. The van der Waals surface area contributed by atoms with Crippen LogP contribution in [0.1, 0.15) is 0 Å². The van der Waals surface area contributed by atoms with E-state index in [-0.39, 0.29) is 0 Å². The van der Waals surface area contributed by atoms with Gasteiger partial charge in [-0.1, -0.05) is 133 Å². The largest absolute Gasteiger partial charge is 0.247 e. The Morgan fingerprint density at radius 2 is 0.882 bits per heavy atom. The van der Waals surface area contributed by atoms with Crippen molar-refractivity contribution >= 4 is 0 Å². The molecule has 1 aromatic heterocycles. The van der Waals surface area contributed by atoms with E-state index in [9.17, 15) is 0 Å². The molecule has 1 heterocycles. The second-order valence-electron chi connectivity index (χ2n) is 8.40. The van der Waals surface area contributed by atoms with Gasteiger partial charge in [-0.05, 0) is 33.9 Å². The van der Waals surface area contributed by atoms with Crippen molar-refractivity contribution in [1.29, 1.82) is 0 Å². The molecule has 3 aromatic carbocycles. The van der Waals surface area contributed by atoms with Gasteiger partial charge in [0.25, 0.3) is 0 Å². The molecule has 0 N–H and O–H groups in total. The van der Waals surface area contributed by atoms with Crippen molar-refractivity contribution in [3.8, 4) is 55.9 Å². The van der Waals surface area contributed by atoms with Gasteiger partial charge in [-0.15, -0.1) is 0 Å². The fraction of sp³-hybridized carbons (Fsp3) is 0. The van der Waals surface area contributed by atoms with Crippen molar-refractivity contribution in [2.24, 2.45) is 0 Å². The number of hydrogen-bond donors (Lipinski definition) is 0. The molecule has 0 spiro atoms. The summed E-state index contributed by atoms with van der Waals surface area (Å²) < 4.78 is 0. The zero-order valence-electron chi connectivity index (χ0n) is 18.7. The van der Waals surface area contributed by atoms with E-state index in [0.717, 1.165) is 33.6 Å². The predicted octanol–water partition coefficient (Wildman–Crippen LogP) is 8.85. The average Bonchev–Trinajstić information content (AvgIpc) is 3.17. The molecular weight excluding hydrogens is 410 g/mol. The Balaban J connectivity index is 1.73. The molecule has 2 aliphatic carbocycles. The Labute approximate surface area is 200 Å². The zero-order valence-corrected chi connectivity index (χ0v) is 18.7. The molecule has 0 fully saturated rings. The number of fused-ring (bicyclic) bond motifs is 1. The minimum absolute atomic E-state index is 0.976. The van der Waals surface area contributed by atoms with Gasteiger partial charge in [-0.25, -0.2) is 4.98 Å². The van der Waals surface area contributed by atoms with E-state index in [1.54, 1.807) is 0 Å². The summed E-state index contributed by atoms with van der Waals surface area (Å²) in [6.07, 6.45) is 0. The minimum Gasteiger partial charge on any atom is -0.247 e. The Kier molecular flexibility index (Phi) is 5.21. The SMILES string of the molecule is c1ccc(-c2cc(-c3ccc4cccccc3-4)c(-c3ccccc3)c(-c3ccccc3)n2)cc1. The highest BCUT2D eigenvalue weighted by Gasteiger charge is 2.21. The van der Waals surface area contributed by atoms with Crippen LogP contribution in [0.5, 0.6) is 0 Å². The highest BCUT2D eigenvalue weighted by atomic mass is 14.7. The topological polar surface area (TPSA) is 12.9 Å². The molecule has 160 valence electrons. The van der Waals surface area contributed by atoms with E-state index in [4.69, 9.17) is 4.98 Å². The summed E-state index contributed by atoms with van der Waals surface area (Å²) >= 11 is 0. The van der Waals surface area contributed by atoms with Gasteiger partial charge in [0.2, 0.25) is 0 Å². The fourth-order valence-corrected chi connectivity index (χ4v) is 4.67. The van der Waals surface area contributed by atoms with E-state index in [1.807, 2.05) is 6.07 Å². The fourth-order valence-electron chi connectivity index (χ4n) is 4.67. The van der Waals surface area contributed by atoms with Gasteiger partial charge < -0.3 is 0 Å². The molecule has 0 atom stereocenters. The van der Waals surface area contributed by atoms with Crippen molar-refractivity contribution < 1.29 is 0 Å². The van der Waals surface area contributed by atoms with Crippen LogP contribution >= 0.6 is 0 Å². The van der Waals surface area contributed by atoms with Crippen LogP contribution in [-0.2, 0) is 0 Å². The van der Waals surface area contributed by atoms with Crippen LogP contribution in [0.15, 0.2) is 140 Å². The number of aromatic nitrogens is 1. The summed E-state index contributed by atoms with van der Waals surface area (Å²) in [4.78, 5) is 5.25. The molecular formula is C33H23N. The monoisotopic (exact) mass is 433 g/mol. The van der Waals surface area contributed by atoms with Crippen LogP contribution in [0.3, 0.4) is 0 Å². The second-order valence-corrected chi connectivity index (χ2v) is 8.40. The Hall–Kier alpha value is -4.49. The minimum atomic E-state index is 0.976.